The molecular formula is C46H27N3O. The Labute approximate surface area is 287 Å². The lowest BCUT2D eigenvalue weighted by Gasteiger charge is -2.33. The molecule has 0 saturated heterocycles. The van der Waals surface area contributed by atoms with Gasteiger partial charge in [0.25, 0.3) is 0 Å². The van der Waals surface area contributed by atoms with Crippen molar-refractivity contribution >= 4 is 71.4 Å². The van der Waals surface area contributed by atoms with Gasteiger partial charge in [-0.05, 0) is 89.3 Å². The largest absolute Gasteiger partial charge is 0.453 e. The van der Waals surface area contributed by atoms with Crippen LogP contribution in [-0.2, 0) is 0 Å². The molecule has 1 aliphatic carbocycles. The Kier molecular flexibility index (Phi) is 4.94. The predicted octanol–water partition coefficient (Wildman–Crippen LogP) is 12.6. The SMILES string of the molecule is c1ccc(N2c3ccccc3Oc3cc(-n4c5cccc6c5c5c7c(ccc8c7c7c-6cccc7n8-c6ccccc6)ccc54)ccc32)cc1. The van der Waals surface area contributed by atoms with E-state index in [-0.39, 0.29) is 0 Å². The molecule has 0 unspecified atom stereocenters. The van der Waals surface area contributed by atoms with Gasteiger partial charge in [-0.3, -0.25) is 0 Å². The number of hydrogen-bond acceptors (Lipinski definition) is 2. The molecule has 0 atom stereocenters. The first-order valence-corrected chi connectivity index (χ1v) is 17.1. The number of anilines is 3. The van der Waals surface area contributed by atoms with Crippen LogP contribution in [0.3, 0.4) is 0 Å². The molecule has 4 nitrogen and oxygen atoms in total. The minimum Gasteiger partial charge on any atom is -0.453 e. The number of hydrogen-bond donors (Lipinski definition) is 0. The molecule has 0 saturated carbocycles. The zero-order chi connectivity index (χ0) is 32.5. The smallest absolute Gasteiger partial charge is 0.153 e. The average molecular weight is 638 g/mol. The molecule has 0 radical (unpaired) electrons. The Balaban J connectivity index is 1.18. The van der Waals surface area contributed by atoms with Gasteiger partial charge in [-0.1, -0.05) is 84.9 Å². The lowest BCUT2D eigenvalue weighted by Crippen LogP contribution is -2.15. The Morgan fingerprint density at radius 3 is 1.58 bits per heavy atom. The maximum absolute atomic E-state index is 6.68. The fourth-order valence-electron chi connectivity index (χ4n) is 8.84. The number of nitrogens with zero attached hydrogens (tertiary/aromatic N) is 3. The molecule has 0 fully saturated rings. The van der Waals surface area contributed by atoms with Gasteiger partial charge >= 0.3 is 0 Å². The van der Waals surface area contributed by atoms with E-state index in [0.717, 1.165) is 34.2 Å². The highest BCUT2D eigenvalue weighted by atomic mass is 16.5. The number of ether oxygens (including phenoxy) is 1. The third kappa shape index (κ3) is 3.25. The van der Waals surface area contributed by atoms with Crippen molar-refractivity contribution in [3.05, 3.63) is 164 Å². The third-order valence-corrected chi connectivity index (χ3v) is 10.8. The summed E-state index contributed by atoms with van der Waals surface area (Å²) >= 11 is 0. The van der Waals surface area contributed by atoms with Crippen LogP contribution < -0.4 is 9.64 Å². The molecule has 0 bridgehead atoms. The van der Waals surface area contributed by atoms with E-state index in [1.165, 1.54) is 71.2 Å². The molecule has 10 aromatic rings. The third-order valence-electron chi connectivity index (χ3n) is 10.8. The van der Waals surface area contributed by atoms with Gasteiger partial charge < -0.3 is 18.8 Å². The Hall–Kier alpha value is -6.78. The van der Waals surface area contributed by atoms with Crippen LogP contribution in [-0.4, -0.2) is 9.13 Å². The van der Waals surface area contributed by atoms with Gasteiger partial charge in [0.15, 0.2) is 11.5 Å². The molecule has 8 aromatic carbocycles. The fourth-order valence-corrected chi connectivity index (χ4v) is 8.84. The maximum Gasteiger partial charge on any atom is 0.153 e. The summed E-state index contributed by atoms with van der Waals surface area (Å²) in [6.45, 7) is 0. The molecule has 2 aliphatic rings. The van der Waals surface area contributed by atoms with E-state index in [1.54, 1.807) is 0 Å². The van der Waals surface area contributed by atoms with Crippen molar-refractivity contribution in [2.75, 3.05) is 4.90 Å². The van der Waals surface area contributed by atoms with Crippen LogP contribution in [0.25, 0.3) is 76.9 Å². The zero-order valence-electron chi connectivity index (χ0n) is 26.8. The number of benzene rings is 8. The second-order valence-corrected chi connectivity index (χ2v) is 13.3. The molecule has 12 rings (SSSR count). The van der Waals surface area contributed by atoms with Gasteiger partial charge in [-0.2, -0.15) is 0 Å². The van der Waals surface area contributed by atoms with Crippen LogP contribution in [0, 0.1) is 0 Å². The van der Waals surface area contributed by atoms with E-state index in [1.807, 2.05) is 6.07 Å². The zero-order valence-corrected chi connectivity index (χ0v) is 26.8. The summed E-state index contributed by atoms with van der Waals surface area (Å²) in [5.74, 6) is 1.68. The van der Waals surface area contributed by atoms with Gasteiger partial charge in [0.2, 0.25) is 0 Å². The minimum atomic E-state index is 0.832. The summed E-state index contributed by atoms with van der Waals surface area (Å²) < 4.78 is 11.5. The van der Waals surface area contributed by atoms with Gasteiger partial charge in [0.05, 0.1) is 39.1 Å². The Morgan fingerprint density at radius 1 is 0.340 bits per heavy atom. The second kappa shape index (κ2) is 9.43. The topological polar surface area (TPSA) is 22.3 Å². The van der Waals surface area contributed by atoms with E-state index >= 15 is 0 Å². The minimum absolute atomic E-state index is 0.832. The Morgan fingerprint density at radius 2 is 0.900 bits per heavy atom. The first kappa shape index (κ1) is 26.2. The number of fused-ring (bicyclic) bond motifs is 3. The summed E-state index contributed by atoms with van der Waals surface area (Å²) in [5, 5.41) is 7.82. The van der Waals surface area contributed by atoms with Gasteiger partial charge in [-0.15, -0.1) is 0 Å². The number of rotatable bonds is 3. The summed E-state index contributed by atoms with van der Waals surface area (Å²) in [5.41, 5.74) is 12.8. The summed E-state index contributed by atoms with van der Waals surface area (Å²) in [4.78, 5) is 2.30. The van der Waals surface area contributed by atoms with Crippen molar-refractivity contribution in [2.45, 2.75) is 0 Å². The molecule has 50 heavy (non-hydrogen) atoms. The highest BCUT2D eigenvalue weighted by molar-refractivity contribution is 6.38. The molecule has 0 amide bonds. The van der Waals surface area contributed by atoms with E-state index in [9.17, 15) is 0 Å². The highest BCUT2D eigenvalue weighted by Gasteiger charge is 2.29. The van der Waals surface area contributed by atoms with Crippen molar-refractivity contribution in [3.8, 4) is 34.0 Å². The summed E-state index contributed by atoms with van der Waals surface area (Å²) in [6.07, 6.45) is 0. The maximum atomic E-state index is 6.68. The molecule has 232 valence electrons. The van der Waals surface area contributed by atoms with Crippen molar-refractivity contribution < 1.29 is 4.74 Å². The first-order valence-electron chi connectivity index (χ1n) is 17.1. The fraction of sp³-hybridized carbons (Fsp3) is 0. The van der Waals surface area contributed by atoms with Crippen LogP contribution in [0.1, 0.15) is 0 Å². The lowest BCUT2D eigenvalue weighted by molar-refractivity contribution is 0.477. The standard InChI is InChI=1S/C46H27N3O/c1-3-11-29(12-4-1)47-34-17-7-8-20-40(34)50-41-27-31(23-26-35(41)47)49-37-19-10-16-33-32-15-9-18-36-43(32)45-38(48(36)30-13-5-2-6-14-30)24-21-28-22-25-39(49)46(42(28)45)44(33)37/h1-27H. The molecule has 0 spiro atoms. The van der Waals surface area contributed by atoms with Crippen LogP contribution in [0.15, 0.2) is 164 Å². The van der Waals surface area contributed by atoms with Crippen molar-refractivity contribution in [2.24, 2.45) is 0 Å². The van der Waals surface area contributed by atoms with Crippen molar-refractivity contribution in [1.29, 1.82) is 0 Å². The van der Waals surface area contributed by atoms with Gasteiger partial charge in [0, 0.05) is 44.4 Å². The van der Waals surface area contributed by atoms with E-state index < -0.39 is 0 Å². The van der Waals surface area contributed by atoms with E-state index in [4.69, 9.17) is 4.74 Å². The molecule has 2 aromatic heterocycles. The summed E-state index contributed by atoms with van der Waals surface area (Å²) in [7, 11) is 0. The predicted molar refractivity (Wildman–Crippen MR) is 206 cm³/mol. The molecule has 1 aliphatic heterocycles. The average Bonchev–Trinajstić information content (AvgIpc) is 3.66. The Bertz CT molecular complexity index is 3060. The molecule has 0 N–H and O–H groups in total. The van der Waals surface area contributed by atoms with Crippen LogP contribution in [0.4, 0.5) is 17.1 Å². The lowest BCUT2D eigenvalue weighted by atomic mass is 9.98. The van der Waals surface area contributed by atoms with Gasteiger partial charge in [-0.25, -0.2) is 0 Å². The molecule has 4 heteroatoms. The van der Waals surface area contributed by atoms with Crippen molar-refractivity contribution in [3.63, 3.8) is 0 Å². The molecule has 3 heterocycles. The highest BCUT2D eigenvalue weighted by Crippen LogP contribution is 2.53. The second-order valence-electron chi connectivity index (χ2n) is 13.3. The molecular weight excluding hydrogens is 611 g/mol. The van der Waals surface area contributed by atoms with E-state index in [2.05, 4.69) is 172 Å². The van der Waals surface area contributed by atoms with Crippen molar-refractivity contribution in [1.82, 2.24) is 9.13 Å². The van der Waals surface area contributed by atoms with Gasteiger partial charge in [0.1, 0.15) is 0 Å². The summed E-state index contributed by atoms with van der Waals surface area (Å²) in [6, 6.07) is 59.0. The monoisotopic (exact) mass is 637 g/mol. The first-order chi connectivity index (χ1) is 24.8. The number of aromatic nitrogens is 2. The normalized spacial score (nSPS) is 12.9. The number of para-hydroxylation sites is 4. The van der Waals surface area contributed by atoms with Crippen LogP contribution >= 0.6 is 0 Å². The van der Waals surface area contributed by atoms with Crippen LogP contribution in [0.5, 0.6) is 11.5 Å². The van der Waals surface area contributed by atoms with Crippen LogP contribution in [0.2, 0.25) is 0 Å². The quantitative estimate of drug-likeness (QED) is 0.192. The van der Waals surface area contributed by atoms with E-state index in [0.29, 0.717) is 0 Å².